The molecule has 0 aliphatic heterocycles. The van der Waals surface area contributed by atoms with E-state index in [2.05, 4.69) is 10.4 Å². The molecule has 6 nitrogen and oxygen atoms in total. The van der Waals surface area contributed by atoms with Crippen molar-refractivity contribution < 1.29 is 9.05 Å². The van der Waals surface area contributed by atoms with Gasteiger partial charge in [-0.15, -0.1) is 0 Å². The highest BCUT2D eigenvalue weighted by atomic mass is 32.1. The number of nitrogens with zero attached hydrogens (tertiary/aromatic N) is 2. The second-order valence-electron chi connectivity index (χ2n) is 5.80. The summed E-state index contributed by atoms with van der Waals surface area (Å²) >= 11 is 11.1. The van der Waals surface area contributed by atoms with Crippen LogP contribution < -0.4 is 10.4 Å². The lowest BCUT2D eigenvalue weighted by molar-refractivity contribution is 0.392. The molecule has 0 aliphatic carbocycles. The summed E-state index contributed by atoms with van der Waals surface area (Å²) in [5.74, 6) is 0.654. The highest BCUT2D eigenvalue weighted by molar-refractivity contribution is 7.81. The van der Waals surface area contributed by atoms with Crippen LogP contribution in [0.2, 0.25) is 0 Å². The molecule has 1 aromatic carbocycles. The molecule has 0 aliphatic rings. The molecule has 0 fully saturated rings. The van der Waals surface area contributed by atoms with Crippen LogP contribution in [0.25, 0.3) is 0 Å². The Morgan fingerprint density at radius 3 is 1.94 bits per heavy atom. The Morgan fingerprint density at radius 2 is 1.48 bits per heavy atom. The Morgan fingerprint density at radius 1 is 0.968 bits per heavy atom. The third-order valence-electron chi connectivity index (χ3n) is 3.75. The summed E-state index contributed by atoms with van der Waals surface area (Å²) < 4.78 is 11.3. The van der Waals surface area contributed by atoms with Crippen molar-refractivity contribution in [3.63, 3.8) is 0 Å². The third kappa shape index (κ3) is 11.0. The predicted molar refractivity (Wildman–Crippen MR) is 145 cm³/mol. The average molecular weight is 503 g/mol. The van der Waals surface area contributed by atoms with Gasteiger partial charge in [0.1, 0.15) is 26.6 Å². The van der Waals surface area contributed by atoms with Gasteiger partial charge in [-0.1, -0.05) is 86.8 Å². The van der Waals surface area contributed by atoms with Gasteiger partial charge in [-0.25, -0.2) is 0 Å². The number of hydrazine groups is 2. The van der Waals surface area contributed by atoms with E-state index in [4.69, 9.17) is 33.5 Å². The molecule has 2 atom stereocenters. The summed E-state index contributed by atoms with van der Waals surface area (Å²) in [7, 11) is 5.12. The predicted octanol–water partition coefficient (Wildman–Crippen LogP) is 5.99. The van der Waals surface area contributed by atoms with Crippen LogP contribution in [0.5, 0.6) is 0 Å². The van der Waals surface area contributed by atoms with Crippen molar-refractivity contribution in [2.45, 2.75) is 27.7 Å². The molecule has 0 heterocycles. The van der Waals surface area contributed by atoms with E-state index in [0.717, 1.165) is 11.1 Å². The molecule has 1 rings (SSSR count). The van der Waals surface area contributed by atoms with Gasteiger partial charge in [0.05, 0.1) is 5.90 Å². The highest BCUT2D eigenvalue weighted by Crippen LogP contribution is 2.47. The van der Waals surface area contributed by atoms with Crippen LogP contribution in [0.4, 0.5) is 0 Å². The Labute approximate surface area is 201 Å². The smallest absolute Gasteiger partial charge is 0.127 e. The van der Waals surface area contributed by atoms with Gasteiger partial charge >= 0.3 is 0 Å². The van der Waals surface area contributed by atoms with E-state index in [-0.39, 0.29) is 0 Å². The molecule has 10 heteroatoms. The van der Waals surface area contributed by atoms with Gasteiger partial charge in [0.2, 0.25) is 0 Å². The van der Waals surface area contributed by atoms with Crippen molar-refractivity contribution in [2.24, 2.45) is 0 Å². The summed E-state index contributed by atoms with van der Waals surface area (Å²) in [6.07, 6.45) is 5.94. The molecule has 0 radical (unpaired) electrons. The Kier molecular flexibility index (Phi) is 17.2. The summed E-state index contributed by atoms with van der Waals surface area (Å²) in [5, 5.41) is 10.3. The largest absolute Gasteiger partial charge is 0.345 e. The van der Waals surface area contributed by atoms with Crippen molar-refractivity contribution in [3.05, 3.63) is 59.7 Å². The van der Waals surface area contributed by atoms with E-state index in [1.807, 2.05) is 100 Å². The van der Waals surface area contributed by atoms with Crippen LogP contribution in [0.3, 0.4) is 0 Å². The van der Waals surface area contributed by atoms with Gasteiger partial charge in [0.15, 0.2) is 0 Å². The lowest BCUT2D eigenvalue weighted by atomic mass is 10.2. The zero-order chi connectivity index (χ0) is 23.8. The second-order valence-corrected chi connectivity index (χ2v) is 10.4. The minimum Gasteiger partial charge on any atom is -0.345 e. The quantitative estimate of drug-likeness (QED) is 0.126. The van der Waals surface area contributed by atoms with Crippen LogP contribution >= 0.6 is 41.0 Å². The molecule has 0 bridgehead atoms. The normalized spacial score (nSPS) is 13.2. The number of likely N-dealkylation sites (N-methyl/N-ethyl adjacent to an activating group) is 1. The average Bonchev–Trinajstić information content (AvgIpc) is 2.82. The van der Waals surface area contributed by atoms with Crippen molar-refractivity contribution in [3.8, 4) is 0 Å². The maximum absolute atomic E-state index is 5.66. The lowest BCUT2D eigenvalue weighted by Crippen LogP contribution is -2.38. The lowest BCUT2D eigenvalue weighted by Gasteiger charge is -2.31. The van der Waals surface area contributed by atoms with E-state index < -0.39 is 16.6 Å². The van der Waals surface area contributed by atoms with E-state index in [1.165, 1.54) is 0 Å². The first-order valence-corrected chi connectivity index (χ1v) is 13.6. The molecule has 0 amide bonds. The van der Waals surface area contributed by atoms with Crippen LogP contribution in [-0.2, 0) is 9.05 Å². The van der Waals surface area contributed by atoms with Crippen molar-refractivity contribution in [1.29, 1.82) is 0 Å². The first-order valence-electron chi connectivity index (χ1n) is 9.93. The molecule has 31 heavy (non-hydrogen) atoms. The number of allylic oxidation sites excluding steroid dienone is 2. The SMILES string of the molecule is C/C=C\C(=C/C)C(=S)N(C)NP(CP(NN(C)C(=S)c1ccccc1)OC)OC.CC. The Bertz CT molecular complexity index is 721. The Hall–Kier alpha value is -0.820. The molecule has 0 saturated heterocycles. The summed E-state index contributed by atoms with van der Waals surface area (Å²) in [5.41, 5.74) is 1.95. The molecule has 0 aromatic heterocycles. The molecular weight excluding hydrogens is 466 g/mol. The first kappa shape index (κ1) is 30.2. The van der Waals surface area contributed by atoms with Gasteiger partial charge in [-0.2, -0.15) is 10.4 Å². The van der Waals surface area contributed by atoms with E-state index in [1.54, 1.807) is 14.2 Å². The zero-order valence-electron chi connectivity index (χ0n) is 19.7. The number of thiocarbonyl (C=S) groups is 2. The number of benzene rings is 1. The van der Waals surface area contributed by atoms with Gasteiger partial charge in [0.25, 0.3) is 0 Å². The van der Waals surface area contributed by atoms with E-state index in [9.17, 15) is 0 Å². The molecule has 174 valence electrons. The standard InChI is InChI=1S/C19H30N4O2P2S2.C2H6/c1-7-12-16(8-2)18(28)22(3)20-26(24-5)15-27(25-6)21-23(4)19(29)17-13-10-9-11-14-17;1-2/h7-14,20-21H,15H2,1-6H3;1-2H3/b12-7-,16-8+;. The van der Waals surface area contributed by atoms with Crippen LogP contribution in [0, 0.1) is 0 Å². The maximum Gasteiger partial charge on any atom is 0.127 e. The van der Waals surface area contributed by atoms with Gasteiger partial charge < -0.3 is 9.05 Å². The Balaban J connectivity index is 0.00000436. The van der Waals surface area contributed by atoms with E-state index in [0.29, 0.717) is 15.9 Å². The number of hydrogen-bond acceptors (Lipinski definition) is 6. The van der Waals surface area contributed by atoms with Crippen LogP contribution in [0.15, 0.2) is 54.1 Å². The number of hydrogen-bond donors (Lipinski definition) is 2. The van der Waals surface area contributed by atoms with Gasteiger partial charge in [-0.3, -0.25) is 10.0 Å². The monoisotopic (exact) mass is 502 g/mol. The van der Waals surface area contributed by atoms with Crippen LogP contribution in [-0.4, -0.2) is 54.2 Å². The van der Waals surface area contributed by atoms with Crippen LogP contribution in [0.1, 0.15) is 33.3 Å². The first-order chi connectivity index (χ1) is 14.9. The minimum atomic E-state index is -1.01. The van der Waals surface area contributed by atoms with Crippen molar-refractivity contribution in [1.82, 2.24) is 20.4 Å². The number of rotatable bonds is 11. The number of nitrogens with one attached hydrogen (secondary N) is 2. The van der Waals surface area contributed by atoms with Gasteiger partial charge in [-0.05, 0) is 13.8 Å². The molecule has 2 N–H and O–H groups in total. The molecular formula is C21H36N4O2P2S2. The molecule has 0 saturated carbocycles. The second kappa shape index (κ2) is 17.7. The molecule has 2 unspecified atom stereocenters. The summed E-state index contributed by atoms with van der Waals surface area (Å²) in [6.45, 7) is 7.93. The minimum absolute atomic E-state index is 0.654. The summed E-state index contributed by atoms with van der Waals surface area (Å²) in [4.78, 5) is 1.40. The van der Waals surface area contributed by atoms with Gasteiger partial charge in [0, 0.05) is 39.5 Å². The highest BCUT2D eigenvalue weighted by Gasteiger charge is 2.21. The zero-order valence-corrected chi connectivity index (χ0v) is 23.2. The third-order valence-corrected chi connectivity index (χ3v) is 8.76. The molecule has 1 aromatic rings. The van der Waals surface area contributed by atoms with E-state index >= 15 is 0 Å². The molecule has 0 spiro atoms. The maximum atomic E-state index is 5.66. The fourth-order valence-corrected chi connectivity index (χ4v) is 6.19. The topological polar surface area (TPSA) is 49.0 Å². The van der Waals surface area contributed by atoms with Crippen molar-refractivity contribution in [2.75, 3.05) is 34.2 Å². The van der Waals surface area contributed by atoms with Crippen molar-refractivity contribution >= 4 is 51.0 Å². The fourth-order valence-electron chi connectivity index (χ4n) is 2.24. The summed E-state index contributed by atoms with van der Waals surface area (Å²) in [6, 6.07) is 9.87. The fraction of sp³-hybridized carbons (Fsp3) is 0.429.